The van der Waals surface area contributed by atoms with Crippen LogP contribution in [0.3, 0.4) is 0 Å². The molecule has 0 aliphatic rings. The molecule has 3 rings (SSSR count). The molecule has 0 heterocycles. The number of hydrogen-bond donors (Lipinski definition) is 2. The molecule has 0 bridgehead atoms. The summed E-state index contributed by atoms with van der Waals surface area (Å²) in [5, 5.41) is 3.36. The molecular formula is C21H22N2O3S. The van der Waals surface area contributed by atoms with Gasteiger partial charge in [-0.15, -0.1) is 0 Å². The molecule has 27 heavy (non-hydrogen) atoms. The lowest BCUT2D eigenvalue weighted by Gasteiger charge is -2.12. The van der Waals surface area contributed by atoms with Gasteiger partial charge < -0.3 is 10.1 Å². The Morgan fingerprint density at radius 1 is 0.815 bits per heavy atom. The molecule has 0 spiro atoms. The molecule has 0 saturated carbocycles. The minimum atomic E-state index is -3.65. The molecule has 0 radical (unpaired) electrons. The van der Waals surface area contributed by atoms with Crippen LogP contribution in [-0.4, -0.2) is 15.5 Å². The number of sulfonamides is 1. The van der Waals surface area contributed by atoms with Gasteiger partial charge in [-0.3, -0.25) is 4.72 Å². The van der Waals surface area contributed by atoms with Crippen LogP contribution >= 0.6 is 0 Å². The van der Waals surface area contributed by atoms with Gasteiger partial charge in [-0.1, -0.05) is 12.1 Å². The van der Waals surface area contributed by atoms with Crippen molar-refractivity contribution >= 4 is 27.1 Å². The van der Waals surface area contributed by atoms with Crippen LogP contribution in [0.2, 0.25) is 0 Å². The molecule has 0 fully saturated rings. The number of nitrogens with one attached hydrogen (secondary N) is 2. The van der Waals surface area contributed by atoms with E-state index in [2.05, 4.69) is 28.2 Å². The summed E-state index contributed by atoms with van der Waals surface area (Å²) < 4.78 is 32.6. The van der Waals surface area contributed by atoms with Crippen molar-refractivity contribution in [2.45, 2.75) is 18.7 Å². The Morgan fingerprint density at radius 3 is 2.07 bits per heavy atom. The van der Waals surface area contributed by atoms with Gasteiger partial charge >= 0.3 is 0 Å². The third-order valence-corrected chi connectivity index (χ3v) is 5.58. The maximum Gasteiger partial charge on any atom is 0.261 e. The van der Waals surface area contributed by atoms with Crippen molar-refractivity contribution in [1.82, 2.24) is 0 Å². The zero-order valence-electron chi connectivity index (χ0n) is 15.5. The lowest BCUT2D eigenvalue weighted by Crippen LogP contribution is -2.12. The molecular weight excluding hydrogens is 360 g/mol. The van der Waals surface area contributed by atoms with Crippen LogP contribution in [0.15, 0.2) is 71.6 Å². The van der Waals surface area contributed by atoms with E-state index < -0.39 is 10.0 Å². The van der Waals surface area contributed by atoms with Gasteiger partial charge in [0.15, 0.2) is 0 Å². The summed E-state index contributed by atoms with van der Waals surface area (Å²) in [4.78, 5) is 0.181. The van der Waals surface area contributed by atoms with Crippen molar-refractivity contribution in [3.63, 3.8) is 0 Å². The predicted octanol–water partition coefficient (Wildman–Crippen LogP) is 4.86. The summed E-state index contributed by atoms with van der Waals surface area (Å²) in [6, 6.07) is 19.6. The molecule has 140 valence electrons. The Morgan fingerprint density at radius 2 is 1.44 bits per heavy atom. The second-order valence-corrected chi connectivity index (χ2v) is 7.98. The van der Waals surface area contributed by atoms with Gasteiger partial charge in [0.2, 0.25) is 0 Å². The van der Waals surface area contributed by atoms with E-state index in [0.717, 1.165) is 16.9 Å². The number of benzene rings is 3. The molecule has 3 aromatic rings. The summed E-state index contributed by atoms with van der Waals surface area (Å²) >= 11 is 0. The Hall–Kier alpha value is -2.99. The topological polar surface area (TPSA) is 67.4 Å². The van der Waals surface area contributed by atoms with E-state index >= 15 is 0 Å². The van der Waals surface area contributed by atoms with Crippen LogP contribution in [-0.2, 0) is 10.0 Å². The second kappa shape index (κ2) is 7.72. The molecule has 6 heteroatoms. The van der Waals surface area contributed by atoms with E-state index in [9.17, 15) is 8.42 Å². The first kappa shape index (κ1) is 18.8. The molecule has 0 aromatic heterocycles. The number of aryl methyl sites for hydroxylation is 2. The second-order valence-electron chi connectivity index (χ2n) is 6.30. The fraction of sp³-hybridized carbons (Fsp3) is 0.143. The van der Waals surface area contributed by atoms with E-state index in [1.165, 1.54) is 24.8 Å². The molecule has 0 aliphatic heterocycles. The number of ether oxygens (including phenoxy) is 1. The Bertz CT molecular complexity index is 1030. The monoisotopic (exact) mass is 382 g/mol. The average Bonchev–Trinajstić information content (AvgIpc) is 2.66. The Kier molecular flexibility index (Phi) is 5.37. The van der Waals surface area contributed by atoms with Gasteiger partial charge in [0, 0.05) is 17.1 Å². The number of hydrogen-bond acceptors (Lipinski definition) is 4. The quantitative estimate of drug-likeness (QED) is 0.639. The zero-order valence-corrected chi connectivity index (χ0v) is 16.3. The highest BCUT2D eigenvalue weighted by Crippen LogP contribution is 2.24. The van der Waals surface area contributed by atoms with Gasteiger partial charge in [0.05, 0.1) is 12.0 Å². The van der Waals surface area contributed by atoms with Gasteiger partial charge in [0.1, 0.15) is 5.75 Å². The summed E-state index contributed by atoms with van der Waals surface area (Å²) in [5.74, 6) is 0.607. The van der Waals surface area contributed by atoms with Crippen molar-refractivity contribution in [3.8, 4) is 5.75 Å². The number of rotatable bonds is 6. The van der Waals surface area contributed by atoms with E-state index in [1.807, 2.05) is 26.0 Å². The SMILES string of the molecule is COc1ccc(S(=O)(=O)Nc2ccc(Nc3cc(C)ccc3C)cc2)cc1. The summed E-state index contributed by atoms with van der Waals surface area (Å²) in [5.41, 5.74) is 4.73. The molecule has 0 atom stereocenters. The fourth-order valence-electron chi connectivity index (χ4n) is 2.62. The lowest BCUT2D eigenvalue weighted by molar-refractivity contribution is 0.414. The number of methoxy groups -OCH3 is 1. The summed E-state index contributed by atoms with van der Waals surface area (Å²) in [6.45, 7) is 4.08. The fourth-order valence-corrected chi connectivity index (χ4v) is 3.68. The largest absolute Gasteiger partial charge is 0.497 e. The van der Waals surface area contributed by atoms with Gasteiger partial charge in [0.25, 0.3) is 10.0 Å². The smallest absolute Gasteiger partial charge is 0.261 e. The summed E-state index contributed by atoms with van der Waals surface area (Å²) in [6.07, 6.45) is 0. The highest BCUT2D eigenvalue weighted by molar-refractivity contribution is 7.92. The minimum Gasteiger partial charge on any atom is -0.497 e. The van der Waals surface area contributed by atoms with Crippen LogP contribution in [0, 0.1) is 13.8 Å². The van der Waals surface area contributed by atoms with Crippen molar-refractivity contribution in [2.24, 2.45) is 0 Å². The van der Waals surface area contributed by atoms with Crippen LogP contribution in [0.4, 0.5) is 17.1 Å². The van der Waals surface area contributed by atoms with Crippen LogP contribution in [0.25, 0.3) is 0 Å². The van der Waals surface area contributed by atoms with E-state index in [-0.39, 0.29) is 4.90 Å². The van der Waals surface area contributed by atoms with Crippen LogP contribution in [0.1, 0.15) is 11.1 Å². The first-order chi connectivity index (χ1) is 12.9. The normalized spacial score (nSPS) is 11.1. The van der Waals surface area contributed by atoms with Gasteiger partial charge in [-0.2, -0.15) is 0 Å². The van der Waals surface area contributed by atoms with Crippen molar-refractivity contribution in [3.05, 3.63) is 77.9 Å². The molecule has 5 nitrogen and oxygen atoms in total. The molecule has 2 N–H and O–H groups in total. The third-order valence-electron chi connectivity index (χ3n) is 4.18. The highest BCUT2D eigenvalue weighted by atomic mass is 32.2. The molecule has 0 saturated heterocycles. The van der Waals surface area contributed by atoms with Gasteiger partial charge in [-0.25, -0.2) is 8.42 Å². The van der Waals surface area contributed by atoms with Crippen molar-refractivity contribution in [2.75, 3.05) is 17.1 Å². The first-order valence-electron chi connectivity index (χ1n) is 8.48. The van der Waals surface area contributed by atoms with E-state index in [1.54, 1.807) is 24.3 Å². The molecule has 0 amide bonds. The molecule has 0 aliphatic carbocycles. The predicted molar refractivity (Wildman–Crippen MR) is 109 cm³/mol. The maximum absolute atomic E-state index is 12.5. The minimum absolute atomic E-state index is 0.181. The van der Waals surface area contributed by atoms with Gasteiger partial charge in [-0.05, 0) is 79.6 Å². The third kappa shape index (κ3) is 4.60. The van der Waals surface area contributed by atoms with E-state index in [0.29, 0.717) is 11.4 Å². The Labute approximate surface area is 160 Å². The maximum atomic E-state index is 12.5. The van der Waals surface area contributed by atoms with Crippen LogP contribution in [0.5, 0.6) is 5.75 Å². The zero-order chi connectivity index (χ0) is 19.4. The first-order valence-corrected chi connectivity index (χ1v) is 9.97. The summed E-state index contributed by atoms with van der Waals surface area (Å²) in [7, 11) is -2.11. The average molecular weight is 382 g/mol. The standard InChI is InChI=1S/C21H22N2O3S/c1-15-4-5-16(2)21(14-15)22-17-6-8-18(9-7-17)23-27(24,25)20-12-10-19(26-3)11-13-20/h4-14,22-23H,1-3H3. The van der Waals surface area contributed by atoms with Crippen LogP contribution < -0.4 is 14.8 Å². The van der Waals surface area contributed by atoms with E-state index in [4.69, 9.17) is 4.74 Å². The highest BCUT2D eigenvalue weighted by Gasteiger charge is 2.14. The Balaban J connectivity index is 1.74. The lowest BCUT2D eigenvalue weighted by atomic mass is 10.1. The molecule has 0 unspecified atom stereocenters. The number of anilines is 3. The molecule has 3 aromatic carbocycles. The van der Waals surface area contributed by atoms with Crippen molar-refractivity contribution in [1.29, 1.82) is 0 Å². The van der Waals surface area contributed by atoms with Crippen molar-refractivity contribution < 1.29 is 13.2 Å².